The third kappa shape index (κ3) is 4.23. The van der Waals surface area contributed by atoms with E-state index in [1.165, 1.54) is 12.1 Å². The molecule has 25 heavy (non-hydrogen) atoms. The summed E-state index contributed by atoms with van der Waals surface area (Å²) in [4.78, 5) is 19.1. The molecule has 0 aliphatic heterocycles. The second-order valence-corrected chi connectivity index (χ2v) is 5.30. The van der Waals surface area contributed by atoms with Crippen LogP contribution in [0.4, 0.5) is 11.5 Å². The van der Waals surface area contributed by atoms with Crippen LogP contribution in [0.5, 0.6) is 0 Å². The van der Waals surface area contributed by atoms with Crippen LogP contribution in [0.3, 0.4) is 0 Å². The van der Waals surface area contributed by atoms with Crippen LogP contribution in [0.25, 0.3) is 11.4 Å². The fourth-order valence-corrected chi connectivity index (χ4v) is 2.20. The molecule has 0 radical (unpaired) electrons. The van der Waals surface area contributed by atoms with E-state index >= 15 is 0 Å². The topological polar surface area (TPSA) is 93.3 Å². The van der Waals surface area contributed by atoms with Gasteiger partial charge in [0.15, 0.2) is 11.6 Å². The Labute approximate surface area is 144 Å². The van der Waals surface area contributed by atoms with Gasteiger partial charge in [-0.1, -0.05) is 30.3 Å². The van der Waals surface area contributed by atoms with Gasteiger partial charge in [0.05, 0.1) is 11.1 Å². The van der Waals surface area contributed by atoms with Crippen molar-refractivity contribution in [1.29, 1.82) is 0 Å². The van der Waals surface area contributed by atoms with E-state index in [0.717, 1.165) is 16.8 Å². The Morgan fingerprint density at radius 2 is 1.80 bits per heavy atom. The number of nitrogens with one attached hydrogen (secondary N) is 1. The predicted octanol–water partition coefficient (Wildman–Crippen LogP) is 3.81. The van der Waals surface area contributed by atoms with E-state index < -0.39 is 4.92 Å². The third-order valence-electron chi connectivity index (χ3n) is 3.38. The summed E-state index contributed by atoms with van der Waals surface area (Å²) in [6.07, 6.45) is 1.57. The lowest BCUT2D eigenvalue weighted by molar-refractivity contribution is -0.384. The normalized spacial score (nSPS) is 10.8. The van der Waals surface area contributed by atoms with Crippen molar-refractivity contribution in [2.75, 3.05) is 5.43 Å². The SMILES string of the molecule is Cc1cc(N/N=C/c2ccc([N+](=O)[O-])cc2)nc(-c2ccccc2)n1. The first kappa shape index (κ1) is 16.3. The zero-order valence-electron chi connectivity index (χ0n) is 13.5. The number of benzene rings is 2. The van der Waals surface area contributed by atoms with Gasteiger partial charge in [-0.25, -0.2) is 9.97 Å². The minimum Gasteiger partial charge on any atom is -0.261 e. The predicted molar refractivity (Wildman–Crippen MR) is 96.5 cm³/mol. The highest BCUT2D eigenvalue weighted by molar-refractivity contribution is 5.80. The summed E-state index contributed by atoms with van der Waals surface area (Å²) in [6.45, 7) is 1.89. The summed E-state index contributed by atoms with van der Waals surface area (Å²) < 4.78 is 0. The van der Waals surface area contributed by atoms with E-state index in [1.807, 2.05) is 37.3 Å². The van der Waals surface area contributed by atoms with Gasteiger partial charge in [-0.3, -0.25) is 15.5 Å². The van der Waals surface area contributed by atoms with Crippen LogP contribution < -0.4 is 5.43 Å². The monoisotopic (exact) mass is 333 g/mol. The highest BCUT2D eigenvalue weighted by atomic mass is 16.6. The van der Waals surface area contributed by atoms with Crippen LogP contribution in [0.15, 0.2) is 65.8 Å². The quantitative estimate of drug-likeness (QED) is 0.435. The molecule has 0 saturated carbocycles. The fourth-order valence-electron chi connectivity index (χ4n) is 2.20. The second-order valence-electron chi connectivity index (χ2n) is 5.30. The van der Waals surface area contributed by atoms with Gasteiger partial charge in [0.1, 0.15) is 0 Å². The van der Waals surface area contributed by atoms with Crippen molar-refractivity contribution >= 4 is 17.7 Å². The van der Waals surface area contributed by atoms with Gasteiger partial charge in [0.25, 0.3) is 5.69 Å². The lowest BCUT2D eigenvalue weighted by Crippen LogP contribution is -1.99. The van der Waals surface area contributed by atoms with E-state index in [0.29, 0.717) is 11.6 Å². The van der Waals surface area contributed by atoms with Gasteiger partial charge in [-0.2, -0.15) is 5.10 Å². The Balaban J connectivity index is 1.74. The Bertz CT molecular complexity index is 909. The molecule has 1 N–H and O–H groups in total. The number of nitro groups is 1. The van der Waals surface area contributed by atoms with Gasteiger partial charge in [-0.15, -0.1) is 0 Å². The zero-order chi connectivity index (χ0) is 17.6. The number of anilines is 1. The number of nitrogens with zero attached hydrogens (tertiary/aromatic N) is 4. The first-order chi connectivity index (χ1) is 12.1. The molecule has 1 aromatic heterocycles. The van der Waals surface area contributed by atoms with Crippen molar-refractivity contribution in [3.8, 4) is 11.4 Å². The van der Waals surface area contributed by atoms with E-state index in [-0.39, 0.29) is 5.69 Å². The van der Waals surface area contributed by atoms with Crippen molar-refractivity contribution in [2.24, 2.45) is 5.10 Å². The van der Waals surface area contributed by atoms with E-state index in [9.17, 15) is 10.1 Å². The highest BCUT2D eigenvalue weighted by Crippen LogP contribution is 2.17. The van der Waals surface area contributed by atoms with Gasteiger partial charge in [0, 0.05) is 29.5 Å². The first-order valence-corrected chi connectivity index (χ1v) is 7.56. The standard InChI is InChI=1S/C18H15N5O2/c1-13-11-17(21-18(20-13)15-5-3-2-4-6-15)22-19-12-14-7-9-16(10-8-14)23(24)25/h2-12H,1H3,(H,20,21,22)/b19-12+. The molecule has 3 aromatic rings. The zero-order valence-corrected chi connectivity index (χ0v) is 13.5. The largest absolute Gasteiger partial charge is 0.269 e. The van der Waals surface area contributed by atoms with E-state index in [1.54, 1.807) is 24.4 Å². The van der Waals surface area contributed by atoms with Crippen molar-refractivity contribution in [1.82, 2.24) is 9.97 Å². The average molecular weight is 333 g/mol. The van der Waals surface area contributed by atoms with Crippen LogP contribution in [0.2, 0.25) is 0 Å². The number of hydrogen-bond acceptors (Lipinski definition) is 6. The number of aromatic nitrogens is 2. The Morgan fingerprint density at radius 1 is 1.08 bits per heavy atom. The second kappa shape index (κ2) is 7.31. The van der Waals surface area contributed by atoms with E-state index in [4.69, 9.17) is 0 Å². The molecular weight excluding hydrogens is 318 g/mol. The smallest absolute Gasteiger partial charge is 0.261 e. The third-order valence-corrected chi connectivity index (χ3v) is 3.38. The molecule has 0 aliphatic carbocycles. The van der Waals surface area contributed by atoms with Crippen LogP contribution in [-0.4, -0.2) is 21.1 Å². The van der Waals surface area contributed by atoms with Crippen LogP contribution in [0, 0.1) is 17.0 Å². The Hall–Kier alpha value is -3.61. The molecule has 0 unspecified atom stereocenters. The molecular formula is C18H15N5O2. The van der Waals surface area contributed by atoms with Crippen molar-refractivity contribution in [3.05, 3.63) is 82.0 Å². The van der Waals surface area contributed by atoms with Crippen molar-refractivity contribution in [2.45, 2.75) is 6.92 Å². The van der Waals surface area contributed by atoms with Gasteiger partial charge < -0.3 is 0 Å². The number of non-ortho nitro benzene ring substituents is 1. The van der Waals surface area contributed by atoms with Gasteiger partial charge >= 0.3 is 0 Å². The van der Waals surface area contributed by atoms with Crippen LogP contribution >= 0.6 is 0 Å². The Kier molecular flexibility index (Phi) is 4.75. The molecule has 7 heteroatoms. The lowest BCUT2D eigenvalue weighted by Gasteiger charge is -2.05. The molecule has 0 fully saturated rings. The molecule has 0 atom stereocenters. The number of aryl methyl sites for hydroxylation is 1. The summed E-state index contributed by atoms with van der Waals surface area (Å²) in [7, 11) is 0. The lowest BCUT2D eigenvalue weighted by atomic mass is 10.2. The highest BCUT2D eigenvalue weighted by Gasteiger charge is 2.04. The molecule has 2 aromatic carbocycles. The van der Waals surface area contributed by atoms with Crippen molar-refractivity contribution in [3.63, 3.8) is 0 Å². The van der Waals surface area contributed by atoms with Crippen LogP contribution in [0.1, 0.15) is 11.3 Å². The first-order valence-electron chi connectivity index (χ1n) is 7.56. The maximum absolute atomic E-state index is 10.6. The average Bonchev–Trinajstić information content (AvgIpc) is 2.62. The fraction of sp³-hybridized carbons (Fsp3) is 0.0556. The molecule has 0 spiro atoms. The maximum atomic E-state index is 10.6. The molecule has 0 saturated heterocycles. The van der Waals surface area contributed by atoms with Gasteiger partial charge in [-0.05, 0) is 24.6 Å². The van der Waals surface area contributed by atoms with E-state index in [2.05, 4.69) is 20.5 Å². The number of hydrogen-bond donors (Lipinski definition) is 1. The molecule has 1 heterocycles. The molecule has 0 amide bonds. The molecule has 0 aliphatic rings. The number of rotatable bonds is 5. The summed E-state index contributed by atoms with van der Waals surface area (Å²) in [5, 5.41) is 14.8. The molecule has 3 rings (SSSR count). The summed E-state index contributed by atoms with van der Waals surface area (Å²) >= 11 is 0. The van der Waals surface area contributed by atoms with Crippen molar-refractivity contribution < 1.29 is 4.92 Å². The summed E-state index contributed by atoms with van der Waals surface area (Å²) in [6, 6.07) is 17.6. The molecule has 124 valence electrons. The minimum atomic E-state index is -0.437. The minimum absolute atomic E-state index is 0.0454. The molecule has 7 nitrogen and oxygen atoms in total. The van der Waals surface area contributed by atoms with Gasteiger partial charge in [0.2, 0.25) is 0 Å². The molecule has 0 bridgehead atoms. The number of hydrazone groups is 1. The van der Waals surface area contributed by atoms with Crippen LogP contribution in [-0.2, 0) is 0 Å². The number of nitro benzene ring substituents is 1. The summed E-state index contributed by atoms with van der Waals surface area (Å²) in [5.41, 5.74) is 5.40. The Morgan fingerprint density at radius 3 is 2.48 bits per heavy atom. The maximum Gasteiger partial charge on any atom is 0.269 e. The summed E-state index contributed by atoms with van der Waals surface area (Å²) in [5.74, 6) is 1.19.